The van der Waals surface area contributed by atoms with E-state index in [-0.39, 0.29) is 5.56 Å². The molecule has 0 saturated heterocycles. The fraction of sp³-hybridized carbons (Fsp3) is 0.364. The van der Waals surface area contributed by atoms with Crippen LogP contribution in [0.1, 0.15) is 19.4 Å². The van der Waals surface area contributed by atoms with E-state index in [2.05, 4.69) is 15.9 Å². The van der Waals surface area contributed by atoms with Gasteiger partial charge in [-0.25, -0.2) is 4.39 Å². The van der Waals surface area contributed by atoms with Crippen molar-refractivity contribution in [3.63, 3.8) is 0 Å². The standard InChI is InChI=1S/C11H12BrFO3/c1-6(10(14)15)11(2,16)8-4-3-7(12)5-9(8)13/h3-6,16H,1-2H3,(H,14,15). The highest BCUT2D eigenvalue weighted by Gasteiger charge is 2.37. The Morgan fingerprint density at radius 3 is 2.56 bits per heavy atom. The van der Waals surface area contributed by atoms with Gasteiger partial charge in [0.25, 0.3) is 0 Å². The van der Waals surface area contributed by atoms with Crippen LogP contribution in [0.25, 0.3) is 0 Å². The molecule has 2 unspecified atom stereocenters. The van der Waals surface area contributed by atoms with Crippen LogP contribution in [0.5, 0.6) is 0 Å². The normalized spacial score (nSPS) is 16.6. The van der Waals surface area contributed by atoms with Crippen molar-refractivity contribution in [2.45, 2.75) is 19.4 Å². The first kappa shape index (κ1) is 13.1. The number of aliphatic carboxylic acids is 1. The summed E-state index contributed by atoms with van der Waals surface area (Å²) in [6, 6.07) is 4.12. The van der Waals surface area contributed by atoms with E-state index in [4.69, 9.17) is 5.11 Å². The Balaban J connectivity index is 3.21. The molecule has 2 N–H and O–H groups in total. The van der Waals surface area contributed by atoms with E-state index >= 15 is 0 Å². The molecule has 0 fully saturated rings. The van der Waals surface area contributed by atoms with Gasteiger partial charge in [-0.3, -0.25) is 4.79 Å². The lowest BCUT2D eigenvalue weighted by Gasteiger charge is -2.28. The highest BCUT2D eigenvalue weighted by atomic mass is 79.9. The summed E-state index contributed by atoms with van der Waals surface area (Å²) in [6.07, 6.45) is 0. The molecule has 0 amide bonds. The molecule has 0 aliphatic rings. The summed E-state index contributed by atoms with van der Waals surface area (Å²) in [7, 11) is 0. The zero-order valence-corrected chi connectivity index (χ0v) is 10.5. The maximum Gasteiger partial charge on any atom is 0.309 e. The van der Waals surface area contributed by atoms with Gasteiger partial charge in [-0.15, -0.1) is 0 Å². The second-order valence-electron chi connectivity index (χ2n) is 3.83. The number of carboxylic acids is 1. The molecule has 0 aromatic heterocycles. The van der Waals surface area contributed by atoms with Crippen LogP contribution in [0.4, 0.5) is 4.39 Å². The number of carbonyl (C=O) groups is 1. The minimum absolute atomic E-state index is 0.0226. The first-order chi connectivity index (χ1) is 7.26. The molecular formula is C11H12BrFO3. The number of carboxylic acid groups (broad SMARTS) is 1. The Morgan fingerprint density at radius 1 is 1.56 bits per heavy atom. The van der Waals surface area contributed by atoms with Gasteiger partial charge in [0.1, 0.15) is 11.4 Å². The molecule has 88 valence electrons. The number of rotatable bonds is 3. The molecule has 5 heteroatoms. The van der Waals surface area contributed by atoms with Gasteiger partial charge in [-0.2, -0.15) is 0 Å². The summed E-state index contributed by atoms with van der Waals surface area (Å²) in [5, 5.41) is 18.9. The lowest BCUT2D eigenvalue weighted by Crippen LogP contribution is -2.36. The number of hydrogen-bond acceptors (Lipinski definition) is 2. The van der Waals surface area contributed by atoms with Gasteiger partial charge in [0, 0.05) is 10.0 Å². The van der Waals surface area contributed by atoms with Crippen molar-refractivity contribution in [1.82, 2.24) is 0 Å². The Bertz CT molecular complexity index is 418. The van der Waals surface area contributed by atoms with Crippen molar-refractivity contribution < 1.29 is 19.4 Å². The van der Waals surface area contributed by atoms with E-state index in [1.54, 1.807) is 6.07 Å². The maximum absolute atomic E-state index is 13.6. The van der Waals surface area contributed by atoms with E-state index < -0.39 is 23.3 Å². The number of halogens is 2. The SMILES string of the molecule is CC(C(=O)O)C(C)(O)c1ccc(Br)cc1F. The molecule has 0 spiro atoms. The van der Waals surface area contributed by atoms with Crippen LogP contribution in [0.3, 0.4) is 0 Å². The summed E-state index contributed by atoms with van der Waals surface area (Å²) in [5.41, 5.74) is -1.76. The van der Waals surface area contributed by atoms with Crippen LogP contribution in [0.2, 0.25) is 0 Å². The second-order valence-corrected chi connectivity index (χ2v) is 4.75. The summed E-state index contributed by atoms with van der Waals surface area (Å²) < 4.78 is 14.1. The summed E-state index contributed by atoms with van der Waals surface area (Å²) >= 11 is 3.09. The number of aliphatic hydroxyl groups is 1. The van der Waals surface area contributed by atoms with Gasteiger partial charge >= 0.3 is 5.97 Å². The second kappa shape index (κ2) is 4.51. The minimum atomic E-state index is -1.74. The van der Waals surface area contributed by atoms with Crippen LogP contribution in [-0.2, 0) is 10.4 Å². The van der Waals surface area contributed by atoms with E-state index in [1.165, 1.54) is 26.0 Å². The first-order valence-corrected chi connectivity index (χ1v) is 5.47. The third kappa shape index (κ3) is 2.41. The van der Waals surface area contributed by atoms with Gasteiger partial charge in [0.15, 0.2) is 0 Å². The molecule has 0 heterocycles. The Kier molecular flexibility index (Phi) is 3.70. The molecule has 2 atom stereocenters. The van der Waals surface area contributed by atoms with Crippen molar-refractivity contribution in [3.8, 4) is 0 Å². The monoisotopic (exact) mass is 290 g/mol. The van der Waals surface area contributed by atoms with Crippen LogP contribution in [0.15, 0.2) is 22.7 Å². The Morgan fingerprint density at radius 2 is 2.12 bits per heavy atom. The zero-order chi connectivity index (χ0) is 12.5. The zero-order valence-electron chi connectivity index (χ0n) is 8.87. The van der Waals surface area contributed by atoms with Crippen molar-refractivity contribution >= 4 is 21.9 Å². The first-order valence-electron chi connectivity index (χ1n) is 4.67. The summed E-state index contributed by atoms with van der Waals surface area (Å²) in [4.78, 5) is 10.8. The van der Waals surface area contributed by atoms with Crippen molar-refractivity contribution in [3.05, 3.63) is 34.1 Å². The van der Waals surface area contributed by atoms with E-state index in [0.29, 0.717) is 4.47 Å². The molecule has 1 aromatic rings. The smallest absolute Gasteiger partial charge is 0.309 e. The topological polar surface area (TPSA) is 57.5 Å². The lowest BCUT2D eigenvalue weighted by molar-refractivity contribution is -0.150. The molecule has 3 nitrogen and oxygen atoms in total. The average molecular weight is 291 g/mol. The average Bonchev–Trinajstić information content (AvgIpc) is 2.15. The van der Waals surface area contributed by atoms with Gasteiger partial charge in [0.2, 0.25) is 0 Å². The summed E-state index contributed by atoms with van der Waals surface area (Å²) in [5.74, 6) is -2.90. The van der Waals surface area contributed by atoms with E-state index in [0.717, 1.165) is 0 Å². The molecule has 16 heavy (non-hydrogen) atoms. The molecule has 1 rings (SSSR count). The van der Waals surface area contributed by atoms with Gasteiger partial charge < -0.3 is 10.2 Å². The maximum atomic E-state index is 13.6. The molecular weight excluding hydrogens is 279 g/mol. The van der Waals surface area contributed by atoms with E-state index in [1.807, 2.05) is 0 Å². The quantitative estimate of drug-likeness (QED) is 0.899. The van der Waals surface area contributed by atoms with Gasteiger partial charge in [0.05, 0.1) is 5.92 Å². The lowest BCUT2D eigenvalue weighted by atomic mass is 9.84. The fourth-order valence-electron chi connectivity index (χ4n) is 1.37. The highest BCUT2D eigenvalue weighted by Crippen LogP contribution is 2.32. The third-order valence-electron chi connectivity index (χ3n) is 2.69. The van der Waals surface area contributed by atoms with Crippen LogP contribution in [0, 0.1) is 11.7 Å². The fourth-order valence-corrected chi connectivity index (χ4v) is 1.71. The molecule has 0 radical (unpaired) electrons. The highest BCUT2D eigenvalue weighted by molar-refractivity contribution is 9.10. The number of hydrogen-bond donors (Lipinski definition) is 2. The number of benzene rings is 1. The molecule has 0 saturated carbocycles. The van der Waals surface area contributed by atoms with Gasteiger partial charge in [-0.1, -0.05) is 22.0 Å². The van der Waals surface area contributed by atoms with Gasteiger partial charge in [-0.05, 0) is 26.0 Å². The van der Waals surface area contributed by atoms with Crippen molar-refractivity contribution in [1.29, 1.82) is 0 Å². The predicted octanol–water partition coefficient (Wildman–Crippen LogP) is 2.52. The predicted molar refractivity (Wildman–Crippen MR) is 60.5 cm³/mol. The van der Waals surface area contributed by atoms with Crippen molar-refractivity contribution in [2.24, 2.45) is 5.92 Å². The molecule has 0 bridgehead atoms. The van der Waals surface area contributed by atoms with Crippen LogP contribution < -0.4 is 0 Å². The van der Waals surface area contributed by atoms with Crippen LogP contribution in [-0.4, -0.2) is 16.2 Å². The molecule has 1 aromatic carbocycles. The Labute approximate surface area is 101 Å². The van der Waals surface area contributed by atoms with Crippen LogP contribution >= 0.6 is 15.9 Å². The van der Waals surface area contributed by atoms with E-state index in [9.17, 15) is 14.3 Å². The Hall–Kier alpha value is -0.940. The third-order valence-corrected chi connectivity index (χ3v) is 3.18. The largest absolute Gasteiger partial charge is 0.481 e. The van der Waals surface area contributed by atoms with Crippen molar-refractivity contribution in [2.75, 3.05) is 0 Å². The minimum Gasteiger partial charge on any atom is -0.481 e. The molecule has 0 aliphatic heterocycles. The molecule has 0 aliphatic carbocycles. The summed E-state index contributed by atoms with van der Waals surface area (Å²) in [6.45, 7) is 2.63.